The van der Waals surface area contributed by atoms with Gasteiger partial charge in [-0.25, -0.2) is 4.39 Å². The number of hydrogen-bond donors (Lipinski definition) is 1. The summed E-state index contributed by atoms with van der Waals surface area (Å²) in [6.45, 7) is 14.3. The summed E-state index contributed by atoms with van der Waals surface area (Å²) >= 11 is 0. The minimum absolute atomic E-state index is 0.272. The number of nitrogens with one attached hydrogen (secondary N) is 1. The lowest BCUT2D eigenvalue weighted by Gasteiger charge is -2.09. The minimum atomic E-state index is -0.272. The molecule has 4 heteroatoms. The molecule has 1 aromatic heterocycles. The average Bonchev–Trinajstić information content (AvgIpc) is 2.59. The number of nitrogens with zero attached hydrogens (tertiary/aromatic N) is 2. The number of benzene rings is 1. The van der Waals surface area contributed by atoms with E-state index in [0.717, 1.165) is 51.5 Å². The van der Waals surface area contributed by atoms with Gasteiger partial charge in [0.15, 0.2) is 0 Å². The number of pyridine rings is 1. The molecule has 1 aromatic carbocycles. The lowest BCUT2D eigenvalue weighted by atomic mass is 10.0. The molecule has 0 saturated carbocycles. The third kappa shape index (κ3) is 4.88. The van der Waals surface area contributed by atoms with Gasteiger partial charge in [0.2, 0.25) is 0 Å². The van der Waals surface area contributed by atoms with Crippen LogP contribution >= 0.6 is 0 Å². The Labute approximate surface area is 154 Å². The Balaban J connectivity index is 2.49. The molecule has 0 unspecified atom stereocenters. The summed E-state index contributed by atoms with van der Waals surface area (Å²) in [6.07, 6.45) is 5.80. The van der Waals surface area contributed by atoms with Gasteiger partial charge in [-0.3, -0.25) is 9.98 Å². The third-order valence-electron chi connectivity index (χ3n) is 4.20. The fourth-order valence-corrected chi connectivity index (χ4v) is 2.87. The first-order valence-electron chi connectivity index (χ1n) is 8.78. The van der Waals surface area contributed by atoms with E-state index >= 15 is 0 Å². The van der Waals surface area contributed by atoms with Gasteiger partial charge in [-0.1, -0.05) is 32.1 Å². The molecular weight excluding hydrogens is 325 g/mol. The largest absolute Gasteiger partial charge is 0.385 e. The first kappa shape index (κ1) is 19.6. The van der Waals surface area contributed by atoms with Crippen LogP contribution in [0.4, 0.5) is 4.39 Å². The highest BCUT2D eigenvalue weighted by Gasteiger charge is 2.07. The summed E-state index contributed by atoms with van der Waals surface area (Å²) in [4.78, 5) is 8.61. The first-order valence-corrected chi connectivity index (χ1v) is 8.78. The van der Waals surface area contributed by atoms with Crippen molar-refractivity contribution in [3.63, 3.8) is 0 Å². The zero-order valence-electron chi connectivity index (χ0n) is 15.8. The zero-order chi connectivity index (χ0) is 19.1. The van der Waals surface area contributed by atoms with Gasteiger partial charge in [0.05, 0.1) is 5.69 Å². The Morgan fingerprint density at radius 1 is 1.31 bits per heavy atom. The van der Waals surface area contributed by atoms with Crippen LogP contribution in [0.2, 0.25) is 0 Å². The highest BCUT2D eigenvalue weighted by molar-refractivity contribution is 5.64. The normalized spacial score (nSPS) is 12.3. The lowest BCUT2D eigenvalue weighted by Crippen LogP contribution is -2.31. The van der Waals surface area contributed by atoms with Gasteiger partial charge < -0.3 is 5.32 Å². The monoisotopic (exact) mass is 351 g/mol. The van der Waals surface area contributed by atoms with Crippen molar-refractivity contribution >= 4 is 19.0 Å². The molecule has 0 aliphatic carbocycles. The molecule has 0 atom stereocenters. The Hall–Kier alpha value is -2.75. The van der Waals surface area contributed by atoms with E-state index in [9.17, 15) is 4.39 Å². The van der Waals surface area contributed by atoms with Crippen molar-refractivity contribution in [3.8, 4) is 11.3 Å². The fraction of sp³-hybridized carbons (Fsp3) is 0.273. The van der Waals surface area contributed by atoms with E-state index in [-0.39, 0.29) is 5.82 Å². The maximum absolute atomic E-state index is 13.7. The summed E-state index contributed by atoms with van der Waals surface area (Å²) in [5, 5.41) is 5.21. The van der Waals surface area contributed by atoms with Crippen LogP contribution in [0.1, 0.15) is 31.0 Å². The average molecular weight is 351 g/mol. The van der Waals surface area contributed by atoms with Crippen LogP contribution in [0, 0.1) is 19.7 Å². The maximum Gasteiger partial charge on any atom is 0.123 e. The number of aliphatic imine (C=N–C) groups is 1. The standard InChI is InChI=1S/C22H26FN3/c1-6-7-16(3)25-11-10-20-17(4)26-22(12-18(20)14-24-5)21-13-19(23)9-8-15(21)2/h8-10,12-14,25H,3,5-7,11H2,1-2,4H3/b18-14-,20-10-. The predicted octanol–water partition coefficient (Wildman–Crippen LogP) is 3.63. The molecule has 26 heavy (non-hydrogen) atoms. The summed E-state index contributed by atoms with van der Waals surface area (Å²) in [5.41, 5.74) is 4.38. The highest BCUT2D eigenvalue weighted by atomic mass is 19.1. The van der Waals surface area contributed by atoms with Crippen LogP contribution in [-0.2, 0) is 0 Å². The molecular formula is C22H26FN3. The number of aromatic nitrogens is 1. The maximum atomic E-state index is 13.7. The summed E-state index contributed by atoms with van der Waals surface area (Å²) in [5.74, 6) is -0.272. The molecule has 0 spiro atoms. The van der Waals surface area contributed by atoms with Crippen molar-refractivity contribution < 1.29 is 4.39 Å². The van der Waals surface area contributed by atoms with Crippen molar-refractivity contribution in [1.29, 1.82) is 0 Å². The van der Waals surface area contributed by atoms with Crippen LogP contribution in [0.25, 0.3) is 23.5 Å². The van der Waals surface area contributed by atoms with Crippen molar-refractivity contribution in [2.45, 2.75) is 33.6 Å². The molecule has 1 N–H and O–H groups in total. The zero-order valence-corrected chi connectivity index (χ0v) is 15.8. The number of aryl methyl sites for hydroxylation is 2. The van der Waals surface area contributed by atoms with Gasteiger partial charge in [0.25, 0.3) is 0 Å². The number of halogens is 1. The molecule has 1 heterocycles. The predicted molar refractivity (Wildman–Crippen MR) is 109 cm³/mol. The van der Waals surface area contributed by atoms with Crippen molar-refractivity contribution in [2.75, 3.05) is 6.54 Å². The quantitative estimate of drug-likeness (QED) is 0.774. The lowest BCUT2D eigenvalue weighted by molar-refractivity contribution is 0.628. The molecule has 0 saturated heterocycles. The molecule has 2 rings (SSSR count). The minimum Gasteiger partial charge on any atom is -0.385 e. The Morgan fingerprint density at radius 2 is 2.08 bits per heavy atom. The molecule has 0 fully saturated rings. The fourth-order valence-electron chi connectivity index (χ4n) is 2.87. The molecule has 3 nitrogen and oxygen atoms in total. The second kappa shape index (κ2) is 9.09. The molecule has 0 amide bonds. The van der Waals surface area contributed by atoms with Crippen LogP contribution in [0.15, 0.2) is 41.5 Å². The van der Waals surface area contributed by atoms with Gasteiger partial charge in [0.1, 0.15) is 5.82 Å². The topological polar surface area (TPSA) is 37.3 Å². The van der Waals surface area contributed by atoms with Gasteiger partial charge in [-0.15, -0.1) is 0 Å². The highest BCUT2D eigenvalue weighted by Crippen LogP contribution is 2.21. The molecule has 136 valence electrons. The first-order chi connectivity index (χ1) is 12.5. The van der Waals surface area contributed by atoms with Gasteiger partial charge in [0, 0.05) is 40.1 Å². The van der Waals surface area contributed by atoms with Crippen LogP contribution in [0.5, 0.6) is 0 Å². The molecule has 0 bridgehead atoms. The molecule has 2 aromatic rings. The van der Waals surface area contributed by atoms with Gasteiger partial charge in [-0.2, -0.15) is 0 Å². The molecule has 0 radical (unpaired) electrons. The number of hydrogen-bond acceptors (Lipinski definition) is 3. The Morgan fingerprint density at radius 3 is 2.77 bits per heavy atom. The van der Waals surface area contributed by atoms with E-state index in [1.165, 1.54) is 12.1 Å². The SMILES string of the molecule is C=N/C=c1/cc(-c2cc(F)ccc2C)nc(C)/c1=C/CNC(=C)CCC. The van der Waals surface area contributed by atoms with E-state index in [2.05, 4.69) is 36.6 Å². The van der Waals surface area contributed by atoms with Gasteiger partial charge >= 0.3 is 0 Å². The Bertz CT molecular complexity index is 929. The van der Waals surface area contributed by atoms with Crippen LogP contribution in [-0.4, -0.2) is 18.2 Å². The number of rotatable bonds is 7. The van der Waals surface area contributed by atoms with E-state index in [0.29, 0.717) is 6.54 Å². The van der Waals surface area contributed by atoms with Gasteiger partial charge in [-0.05, 0) is 50.7 Å². The van der Waals surface area contributed by atoms with E-state index in [1.807, 2.05) is 19.9 Å². The molecule has 0 aliphatic rings. The van der Waals surface area contributed by atoms with Crippen molar-refractivity contribution in [3.05, 3.63) is 64.1 Å². The van der Waals surface area contributed by atoms with E-state index in [4.69, 9.17) is 4.98 Å². The van der Waals surface area contributed by atoms with Crippen LogP contribution in [0.3, 0.4) is 0 Å². The third-order valence-corrected chi connectivity index (χ3v) is 4.20. The smallest absolute Gasteiger partial charge is 0.123 e. The molecule has 0 aliphatic heterocycles. The van der Waals surface area contributed by atoms with Crippen LogP contribution < -0.4 is 15.8 Å². The van der Waals surface area contributed by atoms with E-state index < -0.39 is 0 Å². The second-order valence-corrected chi connectivity index (χ2v) is 6.31. The van der Waals surface area contributed by atoms with Crippen molar-refractivity contribution in [2.24, 2.45) is 4.99 Å². The second-order valence-electron chi connectivity index (χ2n) is 6.31. The summed E-state index contributed by atoms with van der Waals surface area (Å²) in [6, 6.07) is 6.67. The summed E-state index contributed by atoms with van der Waals surface area (Å²) < 4.78 is 13.7. The number of allylic oxidation sites excluding steroid dienone is 1. The van der Waals surface area contributed by atoms with E-state index in [1.54, 1.807) is 12.3 Å². The summed E-state index contributed by atoms with van der Waals surface area (Å²) in [7, 11) is 0. The Kier molecular flexibility index (Phi) is 6.84. The van der Waals surface area contributed by atoms with Crippen molar-refractivity contribution in [1.82, 2.24) is 10.3 Å².